The van der Waals surface area contributed by atoms with Gasteiger partial charge < -0.3 is 9.67 Å². The van der Waals surface area contributed by atoms with Gasteiger partial charge >= 0.3 is 5.97 Å². The minimum atomic E-state index is -1.17. The molecule has 0 saturated heterocycles. The lowest BCUT2D eigenvalue weighted by Crippen LogP contribution is -2.04. The highest BCUT2D eigenvalue weighted by molar-refractivity contribution is 6.02. The van der Waals surface area contributed by atoms with Crippen molar-refractivity contribution in [2.75, 3.05) is 0 Å². The van der Waals surface area contributed by atoms with E-state index >= 15 is 0 Å². The van der Waals surface area contributed by atoms with Gasteiger partial charge in [-0.2, -0.15) is 0 Å². The maximum absolute atomic E-state index is 10.9. The number of rotatable bonds is 2. The van der Waals surface area contributed by atoms with Crippen LogP contribution in [0.2, 0.25) is 0 Å². The van der Waals surface area contributed by atoms with Crippen molar-refractivity contribution in [3.63, 3.8) is 0 Å². The normalized spacial score (nSPS) is 10.5. The number of carboxylic acid groups (broad SMARTS) is 1. The minimum Gasteiger partial charge on any atom is -0.476 e. The first-order chi connectivity index (χ1) is 7.15. The van der Waals surface area contributed by atoms with Crippen LogP contribution in [-0.4, -0.2) is 25.6 Å². The predicted octanol–water partition coefficient (Wildman–Crippen LogP) is 1.06. The molecule has 0 aromatic carbocycles. The van der Waals surface area contributed by atoms with Gasteiger partial charge in [-0.05, 0) is 5.18 Å². The van der Waals surface area contributed by atoms with Crippen LogP contribution in [-0.2, 0) is 7.05 Å². The summed E-state index contributed by atoms with van der Waals surface area (Å²) in [6.07, 6.45) is 2.51. The van der Waals surface area contributed by atoms with Crippen molar-refractivity contribution in [2.24, 2.45) is 12.2 Å². The van der Waals surface area contributed by atoms with E-state index in [4.69, 9.17) is 5.11 Å². The Bertz CT molecular complexity index is 560. The molecule has 2 aromatic rings. The summed E-state index contributed by atoms with van der Waals surface area (Å²) in [5.41, 5.74) is 0.509. The molecular weight excluding hydrogens is 200 g/mol. The molecule has 0 radical (unpaired) electrons. The minimum absolute atomic E-state index is 0.109. The average Bonchev–Trinajstić information content (AvgIpc) is 2.55. The number of aromatic nitrogens is 3. The molecule has 0 fully saturated rings. The molecule has 0 aliphatic heterocycles. The summed E-state index contributed by atoms with van der Waals surface area (Å²) in [5, 5.41) is 11.6. The van der Waals surface area contributed by atoms with Gasteiger partial charge in [0.05, 0.1) is 0 Å². The number of nitrogens with zero attached hydrogens (tertiary/aromatic N) is 4. The number of aryl methyl sites for hydroxylation is 1. The van der Waals surface area contributed by atoms with Crippen molar-refractivity contribution >= 4 is 22.7 Å². The fourth-order valence-corrected chi connectivity index (χ4v) is 1.43. The quantitative estimate of drug-likeness (QED) is 0.741. The Hall–Kier alpha value is -2.31. The zero-order chi connectivity index (χ0) is 11.0. The molecule has 2 heterocycles. The van der Waals surface area contributed by atoms with E-state index in [-0.39, 0.29) is 16.9 Å². The number of nitroso groups, excluding NO2 is 1. The molecule has 2 rings (SSSR count). The van der Waals surface area contributed by atoms with Crippen LogP contribution in [0.1, 0.15) is 10.5 Å². The van der Waals surface area contributed by atoms with Gasteiger partial charge in [0, 0.05) is 13.2 Å². The van der Waals surface area contributed by atoms with Crippen LogP contribution in [0.5, 0.6) is 0 Å². The van der Waals surface area contributed by atoms with E-state index in [1.807, 2.05) is 0 Å². The smallest absolute Gasteiger partial charge is 0.356 e. The molecule has 15 heavy (non-hydrogen) atoms. The van der Waals surface area contributed by atoms with Gasteiger partial charge in [-0.1, -0.05) is 0 Å². The molecule has 0 amide bonds. The molecule has 0 aliphatic rings. The van der Waals surface area contributed by atoms with E-state index in [9.17, 15) is 9.70 Å². The van der Waals surface area contributed by atoms with Gasteiger partial charge in [-0.25, -0.2) is 14.8 Å². The summed E-state index contributed by atoms with van der Waals surface area (Å²) in [6.45, 7) is 0. The Morgan fingerprint density at radius 2 is 2.27 bits per heavy atom. The lowest BCUT2D eigenvalue weighted by molar-refractivity contribution is 0.0692. The third-order valence-corrected chi connectivity index (χ3v) is 2.03. The monoisotopic (exact) mass is 206 g/mol. The van der Waals surface area contributed by atoms with Gasteiger partial charge in [0.2, 0.25) is 0 Å². The summed E-state index contributed by atoms with van der Waals surface area (Å²) < 4.78 is 1.47. The van der Waals surface area contributed by atoms with Crippen LogP contribution < -0.4 is 0 Å². The molecule has 0 spiro atoms. The predicted molar refractivity (Wildman–Crippen MR) is 50.9 cm³/mol. The van der Waals surface area contributed by atoms with Crippen molar-refractivity contribution in [3.8, 4) is 0 Å². The summed E-state index contributed by atoms with van der Waals surface area (Å²) >= 11 is 0. The molecular formula is C8H6N4O3. The van der Waals surface area contributed by atoms with Crippen molar-refractivity contribution in [2.45, 2.75) is 0 Å². The highest BCUT2D eigenvalue weighted by Crippen LogP contribution is 2.26. The fourth-order valence-electron chi connectivity index (χ4n) is 1.43. The summed E-state index contributed by atoms with van der Waals surface area (Å²) in [7, 11) is 1.60. The van der Waals surface area contributed by atoms with Crippen LogP contribution in [0.15, 0.2) is 17.7 Å². The Balaban J connectivity index is 2.92. The Morgan fingerprint density at radius 1 is 1.53 bits per heavy atom. The van der Waals surface area contributed by atoms with E-state index in [0.29, 0.717) is 5.52 Å². The zero-order valence-electron chi connectivity index (χ0n) is 7.71. The summed E-state index contributed by atoms with van der Waals surface area (Å²) in [6, 6.07) is 0. The lowest BCUT2D eigenvalue weighted by Gasteiger charge is -1.98. The maximum atomic E-state index is 10.9. The molecule has 1 N–H and O–H groups in total. The Kier molecular flexibility index (Phi) is 1.93. The molecule has 76 valence electrons. The summed E-state index contributed by atoms with van der Waals surface area (Å²) in [4.78, 5) is 28.8. The van der Waals surface area contributed by atoms with Crippen LogP contribution in [0.25, 0.3) is 11.0 Å². The van der Waals surface area contributed by atoms with Crippen LogP contribution in [0.3, 0.4) is 0 Å². The van der Waals surface area contributed by atoms with Crippen molar-refractivity contribution < 1.29 is 9.90 Å². The van der Waals surface area contributed by atoms with E-state index < -0.39 is 5.97 Å². The second-order valence-electron chi connectivity index (χ2n) is 2.94. The number of hydrogen-bond acceptors (Lipinski definition) is 5. The zero-order valence-corrected chi connectivity index (χ0v) is 7.71. The van der Waals surface area contributed by atoms with E-state index in [1.54, 1.807) is 7.05 Å². The van der Waals surface area contributed by atoms with Crippen LogP contribution >= 0.6 is 0 Å². The number of fused-ring (bicyclic) bond motifs is 1. The highest BCUT2D eigenvalue weighted by Gasteiger charge is 2.17. The maximum Gasteiger partial charge on any atom is 0.356 e. The second kappa shape index (κ2) is 3.12. The van der Waals surface area contributed by atoms with Gasteiger partial charge in [0.25, 0.3) is 0 Å². The Labute approximate surface area is 83.4 Å². The van der Waals surface area contributed by atoms with Crippen LogP contribution in [0, 0.1) is 4.91 Å². The van der Waals surface area contributed by atoms with Gasteiger partial charge in [0.15, 0.2) is 11.4 Å². The summed E-state index contributed by atoms with van der Waals surface area (Å²) in [5.74, 6) is -1.17. The molecule has 0 saturated carbocycles. The first kappa shape index (κ1) is 9.25. The number of aromatic carboxylic acids is 1. The SMILES string of the molecule is Cn1cc(N=O)c2ncnc(C(=O)O)c21. The molecule has 0 atom stereocenters. The van der Waals surface area contributed by atoms with Gasteiger partial charge in [-0.3, -0.25) is 0 Å². The number of carboxylic acids is 1. The van der Waals surface area contributed by atoms with E-state index in [2.05, 4.69) is 15.1 Å². The van der Waals surface area contributed by atoms with E-state index in [1.165, 1.54) is 10.8 Å². The Morgan fingerprint density at radius 3 is 2.87 bits per heavy atom. The van der Waals surface area contributed by atoms with Gasteiger partial charge in [-0.15, -0.1) is 4.91 Å². The second-order valence-corrected chi connectivity index (χ2v) is 2.94. The standard InChI is InChI=1S/C8H6N4O3/c1-12-2-4(11-15)5-7(12)6(8(13)14)10-3-9-5/h2-3H,1H3,(H,13,14). The average molecular weight is 206 g/mol. The lowest BCUT2D eigenvalue weighted by atomic mass is 10.3. The molecule has 2 aromatic heterocycles. The molecule has 7 heteroatoms. The third-order valence-electron chi connectivity index (χ3n) is 2.03. The van der Waals surface area contributed by atoms with Crippen LogP contribution in [0.4, 0.5) is 5.69 Å². The first-order valence-electron chi connectivity index (χ1n) is 4.02. The molecule has 7 nitrogen and oxygen atoms in total. The van der Waals surface area contributed by atoms with E-state index in [0.717, 1.165) is 6.33 Å². The third kappa shape index (κ3) is 1.25. The number of hydrogen-bond donors (Lipinski definition) is 1. The first-order valence-corrected chi connectivity index (χ1v) is 4.02. The van der Waals surface area contributed by atoms with Gasteiger partial charge in [0.1, 0.15) is 17.4 Å². The topological polar surface area (TPSA) is 97.4 Å². The number of carbonyl (C=O) groups is 1. The highest BCUT2D eigenvalue weighted by atomic mass is 16.4. The molecule has 0 unspecified atom stereocenters. The largest absolute Gasteiger partial charge is 0.476 e. The molecule has 0 aliphatic carbocycles. The van der Waals surface area contributed by atoms with Crippen molar-refractivity contribution in [1.29, 1.82) is 0 Å². The van der Waals surface area contributed by atoms with Crippen molar-refractivity contribution in [3.05, 3.63) is 23.1 Å². The van der Waals surface area contributed by atoms with Crippen molar-refractivity contribution in [1.82, 2.24) is 14.5 Å². The fraction of sp³-hybridized carbons (Fsp3) is 0.125. The molecule has 0 bridgehead atoms.